The Balaban J connectivity index is 1.24. The number of aromatic nitrogens is 1. The summed E-state index contributed by atoms with van der Waals surface area (Å²) in [5.74, 6) is -1.18. The van der Waals surface area contributed by atoms with Crippen molar-refractivity contribution >= 4 is 17.7 Å². The van der Waals surface area contributed by atoms with Crippen molar-refractivity contribution in [3.05, 3.63) is 64.5 Å². The molecule has 1 spiro atoms. The highest BCUT2D eigenvalue weighted by Crippen LogP contribution is 2.52. The summed E-state index contributed by atoms with van der Waals surface area (Å²) < 4.78 is 44.7. The maximum atomic E-state index is 13.2. The average molecular weight is 573 g/mol. The molecule has 6 rings (SSSR count). The minimum atomic E-state index is -4.39. The van der Waals surface area contributed by atoms with Crippen LogP contribution < -0.4 is 5.32 Å². The molecule has 2 N–H and O–H groups in total. The van der Waals surface area contributed by atoms with Crippen LogP contribution in [0.15, 0.2) is 36.4 Å². The van der Waals surface area contributed by atoms with Gasteiger partial charge in [0.25, 0.3) is 5.91 Å². The van der Waals surface area contributed by atoms with Crippen LogP contribution in [0.1, 0.15) is 65.0 Å². The second-order valence-corrected chi connectivity index (χ2v) is 11.5. The average Bonchev–Trinajstić information content (AvgIpc) is 3.26. The van der Waals surface area contributed by atoms with Gasteiger partial charge in [0.15, 0.2) is 0 Å². The summed E-state index contributed by atoms with van der Waals surface area (Å²) in [6.45, 7) is 2.49. The molecule has 9 nitrogen and oxygen atoms in total. The van der Waals surface area contributed by atoms with Crippen molar-refractivity contribution in [2.24, 2.45) is 5.41 Å². The number of likely N-dealkylation sites (tertiary alicyclic amines) is 1. The molecule has 1 aromatic carbocycles. The molecule has 5 heterocycles. The molecule has 4 aliphatic rings. The fourth-order valence-electron chi connectivity index (χ4n) is 6.81. The van der Waals surface area contributed by atoms with Crippen molar-refractivity contribution in [1.82, 2.24) is 20.1 Å². The van der Waals surface area contributed by atoms with Gasteiger partial charge in [-0.15, -0.1) is 0 Å². The van der Waals surface area contributed by atoms with Crippen LogP contribution in [0.3, 0.4) is 0 Å². The van der Waals surface area contributed by atoms with Gasteiger partial charge in [0, 0.05) is 44.7 Å². The number of fused-ring (bicyclic) bond motifs is 1. The number of ether oxygens (including phenoxy) is 1. The monoisotopic (exact) mass is 572 g/mol. The summed E-state index contributed by atoms with van der Waals surface area (Å²) in [6.07, 6.45) is -2.48. The second kappa shape index (κ2) is 10.2. The van der Waals surface area contributed by atoms with Gasteiger partial charge in [-0.2, -0.15) is 13.2 Å². The van der Waals surface area contributed by atoms with E-state index in [1.54, 1.807) is 12.1 Å². The number of carbonyl (C=O) groups is 3. The van der Waals surface area contributed by atoms with Gasteiger partial charge in [-0.25, -0.2) is 0 Å². The number of nitrogens with zero attached hydrogens (tertiary/aromatic N) is 3. The van der Waals surface area contributed by atoms with Gasteiger partial charge in [-0.05, 0) is 55.5 Å². The summed E-state index contributed by atoms with van der Waals surface area (Å²) >= 11 is 0. The number of amides is 3. The summed E-state index contributed by atoms with van der Waals surface area (Å²) in [6, 6.07) is 7.76. The lowest BCUT2D eigenvalue weighted by atomic mass is 9.61. The Labute approximate surface area is 234 Å². The quantitative estimate of drug-likeness (QED) is 0.542. The molecular formula is C29H31F3N4O5. The third kappa shape index (κ3) is 4.91. The lowest BCUT2D eigenvalue weighted by Crippen LogP contribution is -2.60. The predicted molar refractivity (Wildman–Crippen MR) is 138 cm³/mol. The summed E-state index contributed by atoms with van der Waals surface area (Å²) in [5.41, 5.74) is -0.523. The van der Waals surface area contributed by atoms with Crippen molar-refractivity contribution in [3.8, 4) is 0 Å². The van der Waals surface area contributed by atoms with Crippen molar-refractivity contribution in [2.45, 2.75) is 63.0 Å². The van der Waals surface area contributed by atoms with Gasteiger partial charge < -0.3 is 14.7 Å². The number of rotatable bonds is 4. The lowest BCUT2D eigenvalue weighted by Gasteiger charge is -2.55. The molecular weight excluding hydrogens is 541 g/mol. The first-order chi connectivity index (χ1) is 19.5. The smallest absolute Gasteiger partial charge is 0.383 e. The standard InChI is InChI=1S/C29H31F3N4O5/c30-29(31,32)19-3-1-18(2-4-19)15-35-12-9-28(40,27(17-35)10-13-41-14-11-27)23-7-5-20-21(33-23)16-36(26(20)39)22-6-8-24(37)34-25(22)38/h1-5,7,22,40H,6,8-17H2,(H,34,37,38)/t22-,28-/m0/s1. The molecule has 3 fully saturated rings. The van der Waals surface area contributed by atoms with E-state index in [1.807, 2.05) is 0 Å². The predicted octanol–water partition coefficient (Wildman–Crippen LogP) is 2.75. The molecule has 218 valence electrons. The molecule has 4 aliphatic heterocycles. The van der Waals surface area contributed by atoms with Crippen molar-refractivity contribution in [1.29, 1.82) is 0 Å². The maximum absolute atomic E-state index is 13.2. The van der Waals surface area contributed by atoms with E-state index in [4.69, 9.17) is 9.72 Å². The van der Waals surface area contributed by atoms with E-state index in [9.17, 15) is 32.7 Å². The van der Waals surface area contributed by atoms with Gasteiger partial charge in [-0.1, -0.05) is 12.1 Å². The minimum Gasteiger partial charge on any atom is -0.383 e. The van der Waals surface area contributed by atoms with Crippen LogP contribution in [0, 0.1) is 5.41 Å². The highest BCUT2D eigenvalue weighted by atomic mass is 19.4. The first kappa shape index (κ1) is 27.8. The summed E-state index contributed by atoms with van der Waals surface area (Å²) in [4.78, 5) is 45.5. The molecule has 0 unspecified atom stereocenters. The molecule has 2 atom stereocenters. The van der Waals surface area contributed by atoms with Crippen LogP contribution in [0.2, 0.25) is 0 Å². The van der Waals surface area contributed by atoms with Crippen molar-refractivity contribution < 1.29 is 37.4 Å². The van der Waals surface area contributed by atoms with Crippen LogP contribution in [-0.4, -0.2) is 70.0 Å². The van der Waals surface area contributed by atoms with E-state index in [0.29, 0.717) is 69.1 Å². The number of piperidine rings is 2. The van der Waals surface area contributed by atoms with Crippen LogP contribution in [0.5, 0.6) is 0 Å². The molecule has 41 heavy (non-hydrogen) atoms. The highest BCUT2D eigenvalue weighted by Gasteiger charge is 2.56. The number of hydrogen-bond donors (Lipinski definition) is 2. The number of hydrogen-bond acceptors (Lipinski definition) is 7. The molecule has 12 heteroatoms. The van der Waals surface area contributed by atoms with Crippen molar-refractivity contribution in [2.75, 3.05) is 26.3 Å². The first-order valence-corrected chi connectivity index (χ1v) is 13.8. The minimum absolute atomic E-state index is 0.112. The van der Waals surface area contributed by atoms with E-state index < -0.39 is 34.7 Å². The Morgan fingerprint density at radius 1 is 1.05 bits per heavy atom. The first-order valence-electron chi connectivity index (χ1n) is 13.8. The van der Waals surface area contributed by atoms with Crippen LogP contribution in [-0.2, 0) is 39.2 Å². The number of halogens is 3. The fraction of sp³-hybridized carbons (Fsp3) is 0.517. The molecule has 1 aromatic heterocycles. The zero-order valence-electron chi connectivity index (χ0n) is 22.4. The molecule has 3 amide bonds. The van der Waals surface area contributed by atoms with Gasteiger partial charge in [0.1, 0.15) is 11.6 Å². The van der Waals surface area contributed by atoms with Crippen LogP contribution in [0.4, 0.5) is 13.2 Å². The van der Waals surface area contributed by atoms with E-state index >= 15 is 0 Å². The van der Waals surface area contributed by atoms with E-state index in [2.05, 4.69) is 10.2 Å². The Morgan fingerprint density at radius 2 is 1.78 bits per heavy atom. The van der Waals surface area contributed by atoms with E-state index in [0.717, 1.165) is 17.7 Å². The number of benzene rings is 1. The SMILES string of the molecule is O=C1CC[C@H](N2Cc3nc([C@@]4(O)CCN(Cc5ccc(C(F)(F)F)cc5)CC45CCOCC5)ccc3C2=O)C(=O)N1. The normalized spacial score (nSPS) is 26.8. The molecule has 0 bridgehead atoms. The van der Waals surface area contributed by atoms with Gasteiger partial charge in [-0.3, -0.25) is 29.6 Å². The van der Waals surface area contributed by atoms with Gasteiger partial charge in [0.2, 0.25) is 11.8 Å². The molecule has 0 radical (unpaired) electrons. The molecule has 3 saturated heterocycles. The molecule has 0 saturated carbocycles. The largest absolute Gasteiger partial charge is 0.416 e. The highest BCUT2D eigenvalue weighted by molar-refractivity contribution is 6.05. The molecule has 0 aliphatic carbocycles. The lowest BCUT2D eigenvalue weighted by molar-refractivity contribution is -0.182. The third-order valence-corrected chi connectivity index (χ3v) is 9.13. The number of nitrogens with one attached hydrogen (secondary N) is 1. The summed E-state index contributed by atoms with van der Waals surface area (Å²) in [7, 11) is 0. The zero-order chi connectivity index (χ0) is 29.0. The van der Waals surface area contributed by atoms with Crippen molar-refractivity contribution in [3.63, 3.8) is 0 Å². The van der Waals surface area contributed by atoms with Crippen LogP contribution >= 0.6 is 0 Å². The number of aliphatic hydroxyl groups is 1. The van der Waals surface area contributed by atoms with Gasteiger partial charge in [0.05, 0.1) is 29.1 Å². The number of alkyl halides is 3. The van der Waals surface area contributed by atoms with E-state index in [-0.39, 0.29) is 31.2 Å². The number of pyridine rings is 1. The Hall–Kier alpha value is -3.35. The second-order valence-electron chi connectivity index (χ2n) is 11.5. The fourth-order valence-corrected chi connectivity index (χ4v) is 6.81. The van der Waals surface area contributed by atoms with Gasteiger partial charge >= 0.3 is 6.18 Å². The number of carbonyl (C=O) groups excluding carboxylic acids is 3. The Bertz CT molecular complexity index is 1380. The third-order valence-electron chi connectivity index (χ3n) is 9.13. The Kier molecular flexibility index (Phi) is 6.90. The topological polar surface area (TPSA) is 112 Å². The molecule has 2 aromatic rings. The van der Waals surface area contributed by atoms with Crippen LogP contribution in [0.25, 0.3) is 0 Å². The van der Waals surface area contributed by atoms with E-state index in [1.165, 1.54) is 17.0 Å². The maximum Gasteiger partial charge on any atom is 0.416 e. The Morgan fingerprint density at radius 3 is 2.46 bits per heavy atom. The summed E-state index contributed by atoms with van der Waals surface area (Å²) in [5, 5.41) is 14.6. The zero-order valence-corrected chi connectivity index (χ0v) is 22.4. The number of imide groups is 1.